The molecule has 0 aliphatic heterocycles. The summed E-state index contributed by atoms with van der Waals surface area (Å²) < 4.78 is 34.1. The van der Waals surface area contributed by atoms with Crippen LogP contribution in [0.5, 0.6) is 5.75 Å². The van der Waals surface area contributed by atoms with Crippen LogP contribution in [0.4, 0.5) is 8.78 Å². The van der Waals surface area contributed by atoms with Crippen LogP contribution in [0, 0.1) is 11.6 Å². The second-order valence-electron chi connectivity index (χ2n) is 5.34. The summed E-state index contributed by atoms with van der Waals surface area (Å²) in [5, 5.41) is 0. The van der Waals surface area contributed by atoms with Crippen LogP contribution in [0.3, 0.4) is 0 Å². The summed E-state index contributed by atoms with van der Waals surface area (Å²) in [6, 6.07) is 19.4. The molecule has 0 heterocycles. The molecule has 0 radical (unpaired) electrons. The van der Waals surface area contributed by atoms with E-state index in [9.17, 15) is 8.78 Å². The van der Waals surface area contributed by atoms with Gasteiger partial charge in [-0.2, -0.15) is 4.39 Å². The van der Waals surface area contributed by atoms with E-state index in [1.54, 1.807) is 30.3 Å². The highest BCUT2D eigenvalue weighted by molar-refractivity contribution is 5.67. The molecule has 3 aromatic carbocycles. The number of ether oxygens (including phenoxy) is 1. The largest absolute Gasteiger partial charge is 0.486 e. The summed E-state index contributed by atoms with van der Waals surface area (Å²) in [5.41, 5.74) is 2.62. The highest BCUT2D eigenvalue weighted by atomic mass is 19.2. The molecule has 3 heteroatoms. The topological polar surface area (TPSA) is 9.23 Å². The lowest BCUT2D eigenvalue weighted by Gasteiger charge is -2.11. The van der Waals surface area contributed by atoms with Gasteiger partial charge in [0.25, 0.3) is 0 Å². The first-order valence-corrected chi connectivity index (χ1v) is 7.56. The maximum atomic E-state index is 14.4. The van der Waals surface area contributed by atoms with E-state index in [1.165, 1.54) is 12.1 Å². The van der Waals surface area contributed by atoms with Gasteiger partial charge in [0.2, 0.25) is 5.82 Å². The normalized spacial score (nSPS) is 10.4. The average molecular weight is 322 g/mol. The third kappa shape index (κ3) is 3.35. The van der Waals surface area contributed by atoms with Crippen LogP contribution in [0.25, 0.3) is 17.2 Å². The van der Waals surface area contributed by atoms with Crippen molar-refractivity contribution >= 4 is 6.08 Å². The number of hydrogen-bond donors (Lipinski definition) is 0. The molecular formula is C21H16F2O. The van der Waals surface area contributed by atoms with Gasteiger partial charge in [0.05, 0.1) is 0 Å². The molecule has 3 aromatic rings. The maximum absolute atomic E-state index is 14.4. The zero-order chi connectivity index (χ0) is 16.9. The van der Waals surface area contributed by atoms with Gasteiger partial charge in [-0.15, -0.1) is 0 Å². The maximum Gasteiger partial charge on any atom is 0.201 e. The molecule has 1 nitrogen and oxygen atoms in total. The Morgan fingerprint density at radius 2 is 1.54 bits per heavy atom. The first-order valence-electron chi connectivity index (χ1n) is 7.56. The smallest absolute Gasteiger partial charge is 0.201 e. The molecule has 0 unspecified atom stereocenters. The highest BCUT2D eigenvalue weighted by Crippen LogP contribution is 2.30. The molecule has 24 heavy (non-hydrogen) atoms. The van der Waals surface area contributed by atoms with Crippen LogP contribution in [0.15, 0.2) is 73.3 Å². The van der Waals surface area contributed by atoms with Crippen molar-refractivity contribution in [3.63, 3.8) is 0 Å². The highest BCUT2D eigenvalue weighted by Gasteiger charge is 2.15. The Bertz CT molecular complexity index is 840. The van der Waals surface area contributed by atoms with Crippen LogP contribution in [-0.4, -0.2) is 0 Å². The molecular weight excluding hydrogens is 306 g/mol. The Morgan fingerprint density at radius 1 is 0.833 bits per heavy atom. The summed E-state index contributed by atoms with van der Waals surface area (Å²) in [5.74, 6) is -1.98. The number of halogens is 2. The van der Waals surface area contributed by atoms with Crippen LogP contribution < -0.4 is 4.74 Å². The Labute approximate surface area is 139 Å². The van der Waals surface area contributed by atoms with Crippen LogP contribution >= 0.6 is 0 Å². The van der Waals surface area contributed by atoms with Crippen molar-refractivity contribution < 1.29 is 13.5 Å². The minimum atomic E-state index is -0.976. The monoisotopic (exact) mass is 322 g/mol. The van der Waals surface area contributed by atoms with Gasteiger partial charge in [-0.25, -0.2) is 4.39 Å². The molecule has 0 aromatic heterocycles. The molecule has 0 N–H and O–H groups in total. The molecule has 0 saturated carbocycles. The zero-order valence-corrected chi connectivity index (χ0v) is 13.0. The Hall–Kier alpha value is -2.94. The van der Waals surface area contributed by atoms with Crippen LogP contribution in [-0.2, 0) is 6.61 Å². The lowest BCUT2D eigenvalue weighted by Crippen LogP contribution is -2.00. The third-order valence-electron chi connectivity index (χ3n) is 3.74. The van der Waals surface area contributed by atoms with Crippen molar-refractivity contribution in [1.82, 2.24) is 0 Å². The van der Waals surface area contributed by atoms with Crippen molar-refractivity contribution in [2.24, 2.45) is 0 Å². The molecule has 0 fully saturated rings. The molecule has 0 saturated heterocycles. The van der Waals surface area contributed by atoms with Crippen molar-refractivity contribution in [2.75, 3.05) is 0 Å². The van der Waals surface area contributed by atoms with Gasteiger partial charge in [0.15, 0.2) is 11.6 Å². The Kier molecular flexibility index (Phi) is 4.71. The standard InChI is InChI=1S/C21H16F2O/c1-2-15-8-10-17(11-9-15)18-12-13-19(21(23)20(18)22)24-14-16-6-4-3-5-7-16/h2-13H,1,14H2. The summed E-state index contributed by atoms with van der Waals surface area (Å²) in [6.07, 6.45) is 1.70. The SMILES string of the molecule is C=Cc1ccc(-c2ccc(OCc3ccccc3)c(F)c2F)cc1. The van der Waals surface area contributed by atoms with E-state index >= 15 is 0 Å². The lowest BCUT2D eigenvalue weighted by atomic mass is 10.0. The minimum absolute atomic E-state index is 0.0946. The number of rotatable bonds is 5. The summed E-state index contributed by atoms with van der Waals surface area (Å²) in [7, 11) is 0. The molecule has 0 bridgehead atoms. The quantitative estimate of drug-likeness (QED) is 0.572. The van der Waals surface area contributed by atoms with Crippen molar-refractivity contribution in [1.29, 1.82) is 0 Å². The second kappa shape index (κ2) is 7.09. The van der Waals surface area contributed by atoms with E-state index in [4.69, 9.17) is 4.74 Å². The zero-order valence-electron chi connectivity index (χ0n) is 13.0. The van der Waals surface area contributed by atoms with E-state index in [2.05, 4.69) is 6.58 Å². The molecule has 0 spiro atoms. The van der Waals surface area contributed by atoms with E-state index in [0.717, 1.165) is 11.1 Å². The van der Waals surface area contributed by atoms with Gasteiger partial charge in [-0.3, -0.25) is 0 Å². The number of hydrogen-bond acceptors (Lipinski definition) is 1. The first-order chi connectivity index (χ1) is 11.7. The van der Waals surface area contributed by atoms with Crippen molar-refractivity contribution in [3.8, 4) is 16.9 Å². The fraction of sp³-hybridized carbons (Fsp3) is 0.0476. The molecule has 0 atom stereocenters. The molecule has 120 valence electrons. The molecule has 0 aliphatic carbocycles. The van der Waals surface area contributed by atoms with E-state index in [-0.39, 0.29) is 17.9 Å². The van der Waals surface area contributed by atoms with Gasteiger partial charge >= 0.3 is 0 Å². The van der Waals surface area contributed by atoms with E-state index in [1.807, 2.05) is 30.3 Å². The van der Waals surface area contributed by atoms with Gasteiger partial charge in [-0.05, 0) is 28.8 Å². The van der Waals surface area contributed by atoms with Crippen molar-refractivity contribution in [2.45, 2.75) is 6.61 Å². The summed E-state index contributed by atoms with van der Waals surface area (Å²) >= 11 is 0. The lowest BCUT2D eigenvalue weighted by molar-refractivity contribution is 0.285. The Balaban J connectivity index is 1.84. The van der Waals surface area contributed by atoms with E-state index in [0.29, 0.717) is 5.56 Å². The predicted molar refractivity (Wildman–Crippen MR) is 92.7 cm³/mol. The van der Waals surface area contributed by atoms with E-state index < -0.39 is 11.6 Å². The fourth-order valence-electron chi connectivity index (χ4n) is 2.40. The molecule has 3 rings (SSSR count). The minimum Gasteiger partial charge on any atom is -0.486 e. The third-order valence-corrected chi connectivity index (χ3v) is 3.74. The average Bonchev–Trinajstić information content (AvgIpc) is 2.64. The predicted octanol–water partition coefficient (Wildman–Crippen LogP) is 5.85. The molecule has 0 amide bonds. The van der Waals surface area contributed by atoms with Crippen LogP contribution in [0.1, 0.15) is 11.1 Å². The van der Waals surface area contributed by atoms with Gasteiger partial charge in [0.1, 0.15) is 6.61 Å². The Morgan fingerprint density at radius 3 is 2.21 bits per heavy atom. The first kappa shape index (κ1) is 15.9. The summed E-state index contributed by atoms with van der Waals surface area (Å²) in [4.78, 5) is 0. The number of benzene rings is 3. The fourth-order valence-corrected chi connectivity index (χ4v) is 2.40. The summed E-state index contributed by atoms with van der Waals surface area (Å²) in [6.45, 7) is 3.86. The van der Waals surface area contributed by atoms with Gasteiger partial charge in [0, 0.05) is 5.56 Å². The second-order valence-corrected chi connectivity index (χ2v) is 5.34. The van der Waals surface area contributed by atoms with Crippen LogP contribution in [0.2, 0.25) is 0 Å². The van der Waals surface area contributed by atoms with Crippen molar-refractivity contribution in [3.05, 3.63) is 96.1 Å². The molecule has 0 aliphatic rings. The van der Waals surface area contributed by atoms with Gasteiger partial charge < -0.3 is 4.74 Å². The van der Waals surface area contributed by atoms with Gasteiger partial charge in [-0.1, -0.05) is 67.3 Å².